The van der Waals surface area contributed by atoms with Crippen molar-refractivity contribution in [1.82, 2.24) is 0 Å². The third-order valence-corrected chi connectivity index (χ3v) is 3.53. The van der Waals surface area contributed by atoms with E-state index in [-0.39, 0.29) is 11.3 Å². The van der Waals surface area contributed by atoms with Crippen LogP contribution in [0.25, 0.3) is 0 Å². The van der Waals surface area contributed by atoms with Crippen LogP contribution in [-0.2, 0) is 5.41 Å². The number of aryl methyl sites for hydroxylation is 1. The molecule has 78 valence electrons. The Morgan fingerprint density at radius 3 is 2.80 bits per heavy atom. The minimum atomic E-state index is 0.105. The lowest BCUT2D eigenvalue weighted by Gasteiger charge is -2.35. The second-order valence-corrected chi connectivity index (χ2v) is 5.19. The Hall–Kier alpha value is -1.29. The summed E-state index contributed by atoms with van der Waals surface area (Å²) in [6.45, 7) is 6.67. The maximum Gasteiger partial charge on any atom is 0.0715 e. The van der Waals surface area contributed by atoms with Crippen molar-refractivity contribution in [2.24, 2.45) is 0 Å². The molecule has 1 aliphatic rings. The van der Waals surface area contributed by atoms with Crippen molar-refractivity contribution in [3.63, 3.8) is 0 Å². The highest BCUT2D eigenvalue weighted by atomic mass is 14.4. The highest BCUT2D eigenvalue weighted by molar-refractivity contribution is 5.43. The van der Waals surface area contributed by atoms with Gasteiger partial charge < -0.3 is 0 Å². The highest BCUT2D eigenvalue weighted by Crippen LogP contribution is 2.42. The fourth-order valence-electron chi connectivity index (χ4n) is 2.49. The molecule has 0 saturated heterocycles. The molecule has 0 saturated carbocycles. The Morgan fingerprint density at radius 2 is 2.13 bits per heavy atom. The molecule has 0 aromatic heterocycles. The first-order valence-corrected chi connectivity index (χ1v) is 5.55. The number of nitriles is 1. The van der Waals surface area contributed by atoms with Crippen LogP contribution in [-0.4, -0.2) is 0 Å². The molecule has 0 heterocycles. The fraction of sp³-hybridized carbons (Fsp3) is 0.500. The molecular formula is C14H17N. The molecule has 1 heteroatoms. The van der Waals surface area contributed by atoms with E-state index in [0.717, 1.165) is 12.8 Å². The molecule has 1 aromatic rings. The molecule has 0 bridgehead atoms. The van der Waals surface area contributed by atoms with Gasteiger partial charge in [0, 0.05) is 0 Å². The van der Waals surface area contributed by atoms with Gasteiger partial charge in [-0.2, -0.15) is 5.26 Å². The van der Waals surface area contributed by atoms with E-state index >= 15 is 0 Å². The number of nitrogens with zero attached hydrogens (tertiary/aromatic N) is 1. The molecule has 15 heavy (non-hydrogen) atoms. The van der Waals surface area contributed by atoms with Crippen molar-refractivity contribution in [1.29, 1.82) is 5.26 Å². The second kappa shape index (κ2) is 3.38. The maximum absolute atomic E-state index is 9.13. The van der Waals surface area contributed by atoms with Crippen LogP contribution in [0.15, 0.2) is 18.2 Å². The van der Waals surface area contributed by atoms with Crippen molar-refractivity contribution < 1.29 is 0 Å². The summed E-state index contributed by atoms with van der Waals surface area (Å²) in [4.78, 5) is 0. The van der Waals surface area contributed by atoms with E-state index in [4.69, 9.17) is 5.26 Å². The van der Waals surface area contributed by atoms with E-state index < -0.39 is 0 Å². The lowest BCUT2D eigenvalue weighted by atomic mass is 9.69. The lowest BCUT2D eigenvalue weighted by molar-refractivity contribution is 0.417. The molecule has 0 N–H and O–H groups in total. The van der Waals surface area contributed by atoms with Gasteiger partial charge in [-0.15, -0.1) is 0 Å². The SMILES string of the molecule is Cc1ccc2c(c1)C(C)(C)CCC2C#N. The monoisotopic (exact) mass is 199 g/mol. The molecule has 2 rings (SSSR count). The van der Waals surface area contributed by atoms with E-state index in [9.17, 15) is 0 Å². The number of rotatable bonds is 0. The molecule has 0 amide bonds. The molecule has 0 spiro atoms. The molecule has 1 aromatic carbocycles. The number of benzene rings is 1. The van der Waals surface area contributed by atoms with Gasteiger partial charge in [-0.3, -0.25) is 0 Å². The molecule has 1 atom stereocenters. The zero-order chi connectivity index (χ0) is 11.1. The van der Waals surface area contributed by atoms with Crippen LogP contribution in [0.3, 0.4) is 0 Å². The summed E-state index contributed by atoms with van der Waals surface area (Å²) in [6.07, 6.45) is 2.11. The van der Waals surface area contributed by atoms with Crippen LogP contribution in [0.4, 0.5) is 0 Å². The smallest absolute Gasteiger partial charge is 0.0715 e. The van der Waals surface area contributed by atoms with Gasteiger partial charge >= 0.3 is 0 Å². The molecule has 0 fully saturated rings. The molecule has 0 aliphatic heterocycles. The van der Waals surface area contributed by atoms with E-state index in [1.807, 2.05) is 0 Å². The van der Waals surface area contributed by atoms with Crippen LogP contribution in [0.2, 0.25) is 0 Å². The van der Waals surface area contributed by atoms with Crippen molar-refractivity contribution in [2.75, 3.05) is 0 Å². The number of fused-ring (bicyclic) bond motifs is 1. The normalized spacial score (nSPS) is 22.9. The van der Waals surface area contributed by atoms with Crippen molar-refractivity contribution in [3.05, 3.63) is 34.9 Å². The van der Waals surface area contributed by atoms with Gasteiger partial charge in [-0.25, -0.2) is 0 Å². The summed E-state index contributed by atoms with van der Waals surface area (Å²) in [7, 11) is 0. The predicted molar refractivity (Wildman–Crippen MR) is 61.8 cm³/mol. The van der Waals surface area contributed by atoms with Gasteiger partial charge in [0.05, 0.1) is 12.0 Å². The standard InChI is InChI=1S/C14H17N/c1-10-4-5-12-11(9-15)6-7-14(2,3)13(12)8-10/h4-5,8,11H,6-7H2,1-3H3. The van der Waals surface area contributed by atoms with Gasteiger partial charge in [-0.05, 0) is 36.3 Å². The van der Waals surface area contributed by atoms with Crippen LogP contribution in [0.1, 0.15) is 49.3 Å². The number of hydrogen-bond acceptors (Lipinski definition) is 1. The predicted octanol–water partition coefficient (Wildman–Crippen LogP) is 3.67. The summed E-state index contributed by atoms with van der Waals surface area (Å²) in [5.74, 6) is 0.105. The number of hydrogen-bond donors (Lipinski definition) is 0. The van der Waals surface area contributed by atoms with E-state index in [0.29, 0.717) is 0 Å². The first-order chi connectivity index (χ1) is 7.04. The van der Waals surface area contributed by atoms with Crippen LogP contribution in [0, 0.1) is 18.3 Å². The van der Waals surface area contributed by atoms with Crippen LogP contribution in [0.5, 0.6) is 0 Å². The first-order valence-electron chi connectivity index (χ1n) is 5.55. The molecule has 1 unspecified atom stereocenters. The average Bonchev–Trinajstić information content (AvgIpc) is 2.19. The van der Waals surface area contributed by atoms with Gasteiger partial charge in [0.1, 0.15) is 0 Å². The Labute approximate surface area is 91.7 Å². The highest BCUT2D eigenvalue weighted by Gasteiger charge is 2.32. The van der Waals surface area contributed by atoms with Gasteiger partial charge in [0.25, 0.3) is 0 Å². The van der Waals surface area contributed by atoms with Crippen LogP contribution >= 0.6 is 0 Å². The molecule has 1 nitrogen and oxygen atoms in total. The zero-order valence-electron chi connectivity index (χ0n) is 9.67. The Balaban J connectivity index is 2.60. The minimum Gasteiger partial charge on any atom is -0.198 e. The van der Waals surface area contributed by atoms with Crippen molar-refractivity contribution >= 4 is 0 Å². The summed E-state index contributed by atoms with van der Waals surface area (Å²) >= 11 is 0. The Bertz CT molecular complexity index is 423. The molecule has 1 aliphatic carbocycles. The lowest BCUT2D eigenvalue weighted by Crippen LogP contribution is -2.25. The third kappa shape index (κ3) is 1.65. The van der Waals surface area contributed by atoms with Gasteiger partial charge in [0.2, 0.25) is 0 Å². The van der Waals surface area contributed by atoms with E-state index in [1.165, 1.54) is 16.7 Å². The first kappa shape index (κ1) is 10.2. The van der Waals surface area contributed by atoms with E-state index in [1.54, 1.807) is 0 Å². The molecular weight excluding hydrogens is 182 g/mol. The summed E-state index contributed by atoms with van der Waals surface area (Å²) in [5, 5.41) is 9.13. The van der Waals surface area contributed by atoms with Crippen molar-refractivity contribution in [3.8, 4) is 6.07 Å². The van der Waals surface area contributed by atoms with E-state index in [2.05, 4.69) is 45.0 Å². The third-order valence-electron chi connectivity index (χ3n) is 3.53. The summed E-state index contributed by atoms with van der Waals surface area (Å²) < 4.78 is 0. The van der Waals surface area contributed by atoms with Crippen LogP contribution < -0.4 is 0 Å². The Kier molecular flexibility index (Phi) is 2.31. The maximum atomic E-state index is 9.13. The van der Waals surface area contributed by atoms with Crippen molar-refractivity contribution in [2.45, 2.75) is 44.9 Å². The summed E-state index contributed by atoms with van der Waals surface area (Å²) in [5.41, 5.74) is 4.15. The topological polar surface area (TPSA) is 23.8 Å². The Morgan fingerprint density at radius 1 is 1.40 bits per heavy atom. The minimum absolute atomic E-state index is 0.105. The quantitative estimate of drug-likeness (QED) is 0.625. The van der Waals surface area contributed by atoms with Gasteiger partial charge in [0.15, 0.2) is 0 Å². The zero-order valence-corrected chi connectivity index (χ0v) is 9.67. The summed E-state index contributed by atoms with van der Waals surface area (Å²) in [6, 6.07) is 8.92. The fourth-order valence-corrected chi connectivity index (χ4v) is 2.49. The molecule has 0 radical (unpaired) electrons. The largest absolute Gasteiger partial charge is 0.198 e. The average molecular weight is 199 g/mol. The second-order valence-electron chi connectivity index (χ2n) is 5.19. The van der Waals surface area contributed by atoms with Gasteiger partial charge in [-0.1, -0.05) is 37.6 Å².